The van der Waals surface area contributed by atoms with Crippen molar-refractivity contribution in [3.05, 3.63) is 118 Å². The fourth-order valence-corrected chi connectivity index (χ4v) is 5.19. The molecule has 2 heterocycles. The van der Waals surface area contributed by atoms with Crippen LogP contribution in [0, 0.1) is 0 Å². The Hall–Kier alpha value is -4.99. The number of nitrogens with zero attached hydrogens (tertiary/aromatic N) is 6. The van der Waals surface area contributed by atoms with E-state index in [1.165, 1.54) is 0 Å². The van der Waals surface area contributed by atoms with Crippen molar-refractivity contribution in [1.29, 1.82) is 0 Å². The normalized spacial score (nSPS) is 11.9. The van der Waals surface area contributed by atoms with Crippen molar-refractivity contribution in [1.82, 2.24) is 9.13 Å². The summed E-state index contributed by atoms with van der Waals surface area (Å²) in [6.07, 6.45) is 0. The Balaban J connectivity index is 1.32. The van der Waals surface area contributed by atoms with Crippen LogP contribution in [0.25, 0.3) is 21.8 Å². The van der Waals surface area contributed by atoms with Gasteiger partial charge in [0, 0.05) is 20.8 Å². The summed E-state index contributed by atoms with van der Waals surface area (Å²) < 4.78 is 3.31. The van der Waals surface area contributed by atoms with Crippen molar-refractivity contribution in [3.8, 4) is 11.8 Å². The Bertz CT molecular complexity index is 1860. The number of hydrogen-bond donors (Lipinski definition) is 2. The molecule has 0 saturated carbocycles. The van der Waals surface area contributed by atoms with Crippen LogP contribution in [-0.2, 0) is 13.1 Å². The maximum atomic E-state index is 12.7. The van der Waals surface area contributed by atoms with Gasteiger partial charge in [-0.2, -0.15) is 0 Å². The molecule has 0 fully saturated rings. The minimum absolute atomic E-state index is 0.0704. The van der Waals surface area contributed by atoms with Crippen LogP contribution in [0.3, 0.4) is 0 Å². The van der Waals surface area contributed by atoms with E-state index in [0.717, 1.165) is 11.1 Å². The maximum absolute atomic E-state index is 12.7. The molecule has 42 heavy (non-hydrogen) atoms. The number of azo groups is 2. The third kappa shape index (κ3) is 5.35. The average Bonchev–Trinajstić information content (AvgIpc) is 3.40. The maximum Gasteiger partial charge on any atom is 0.404 e. The van der Waals surface area contributed by atoms with Gasteiger partial charge < -0.3 is 19.3 Å². The predicted octanol–water partition coefficient (Wildman–Crippen LogP) is 9.40. The second-order valence-corrected chi connectivity index (χ2v) is 10.4. The number of amides is 2. The van der Waals surface area contributed by atoms with Gasteiger partial charge >= 0.3 is 6.03 Å². The average molecular weight is 597 g/mol. The summed E-state index contributed by atoms with van der Waals surface area (Å²) in [5.41, 5.74) is 3.38. The van der Waals surface area contributed by atoms with Gasteiger partial charge in [-0.15, -0.1) is 10.2 Å². The van der Waals surface area contributed by atoms with Crippen LogP contribution >= 0.6 is 23.2 Å². The SMILES string of the molecule is O=C(N=Nc1c(O)n(Cc2ccccc2)c2ccc(Cl)cc12)N=Nc1c(O)n(Cc2ccccc2)c2ccc(Cl)cc12. The fraction of sp³-hybridized carbons (Fsp3) is 0.0645. The summed E-state index contributed by atoms with van der Waals surface area (Å²) in [6.45, 7) is 0.728. The molecule has 9 nitrogen and oxygen atoms in total. The van der Waals surface area contributed by atoms with E-state index in [1.807, 2.05) is 60.7 Å². The summed E-state index contributed by atoms with van der Waals surface area (Å²) >= 11 is 12.4. The van der Waals surface area contributed by atoms with E-state index in [0.29, 0.717) is 44.9 Å². The van der Waals surface area contributed by atoms with E-state index in [1.54, 1.807) is 45.5 Å². The van der Waals surface area contributed by atoms with Crippen molar-refractivity contribution >= 4 is 62.4 Å². The van der Waals surface area contributed by atoms with Crippen LogP contribution in [0.5, 0.6) is 11.8 Å². The highest BCUT2D eigenvalue weighted by molar-refractivity contribution is 6.32. The van der Waals surface area contributed by atoms with E-state index in [4.69, 9.17) is 23.2 Å². The Labute approximate surface area is 249 Å². The third-order valence-electron chi connectivity index (χ3n) is 6.78. The Kier molecular flexibility index (Phi) is 7.43. The topological polar surface area (TPSA) is 117 Å². The minimum atomic E-state index is -1.04. The number of rotatable bonds is 6. The number of urea groups is 1. The van der Waals surface area contributed by atoms with Gasteiger partial charge in [0.05, 0.1) is 24.1 Å². The molecule has 2 N–H and O–H groups in total. The molecule has 2 amide bonds. The molecule has 0 aliphatic heterocycles. The molecule has 0 atom stereocenters. The lowest BCUT2D eigenvalue weighted by atomic mass is 10.2. The molecule has 0 unspecified atom stereocenters. The number of aromatic hydroxyl groups is 2. The van der Waals surface area contributed by atoms with E-state index in [9.17, 15) is 15.0 Å². The van der Waals surface area contributed by atoms with Crippen molar-refractivity contribution in [3.63, 3.8) is 0 Å². The van der Waals surface area contributed by atoms with Crippen LogP contribution in [-0.4, -0.2) is 25.4 Å². The van der Waals surface area contributed by atoms with E-state index >= 15 is 0 Å². The highest BCUT2D eigenvalue weighted by atomic mass is 35.5. The molecule has 0 bridgehead atoms. The Morgan fingerprint density at radius 3 is 1.43 bits per heavy atom. The Morgan fingerprint density at radius 2 is 1.02 bits per heavy atom. The van der Waals surface area contributed by atoms with E-state index in [2.05, 4.69) is 20.5 Å². The molecule has 0 spiro atoms. The largest absolute Gasteiger partial charge is 0.493 e. The molecule has 0 aliphatic carbocycles. The van der Waals surface area contributed by atoms with Gasteiger partial charge in [0.25, 0.3) is 0 Å². The van der Waals surface area contributed by atoms with Crippen molar-refractivity contribution < 1.29 is 15.0 Å². The lowest BCUT2D eigenvalue weighted by molar-refractivity contribution is 0.254. The number of halogens is 2. The van der Waals surface area contributed by atoms with Crippen LogP contribution in [0.4, 0.5) is 16.2 Å². The zero-order valence-electron chi connectivity index (χ0n) is 21.9. The number of fused-ring (bicyclic) bond motifs is 2. The molecule has 11 heteroatoms. The third-order valence-corrected chi connectivity index (χ3v) is 7.25. The smallest absolute Gasteiger partial charge is 0.404 e. The molecular weight excluding hydrogens is 575 g/mol. The van der Waals surface area contributed by atoms with Gasteiger partial charge in [0.1, 0.15) is 0 Å². The van der Waals surface area contributed by atoms with E-state index in [-0.39, 0.29) is 23.1 Å². The Morgan fingerprint density at radius 1 is 0.619 bits per heavy atom. The number of aromatic nitrogens is 2. The molecule has 0 aliphatic rings. The zero-order chi connectivity index (χ0) is 29.2. The molecule has 6 rings (SSSR count). The standard InChI is InChI=1S/C31H22Cl2N6O3/c32-21-11-13-25-23(15-21)27(29(40)38(25)17-19-7-3-1-4-8-19)34-36-31(42)37-35-28-24-16-22(33)12-14-26(24)39(30(28)41)18-20-9-5-2-6-10-20/h1-16,40-41H,17-18H2. The number of carbonyl (C=O) groups is 1. The molecular formula is C31H22Cl2N6O3. The van der Waals surface area contributed by atoms with Crippen molar-refractivity contribution in [2.45, 2.75) is 13.1 Å². The number of carbonyl (C=O) groups excluding carboxylic acids is 1. The van der Waals surface area contributed by atoms with Crippen molar-refractivity contribution in [2.75, 3.05) is 0 Å². The zero-order valence-corrected chi connectivity index (χ0v) is 23.4. The molecule has 4 aromatic carbocycles. The summed E-state index contributed by atoms with van der Waals surface area (Å²) in [5.74, 6) is -0.359. The van der Waals surface area contributed by atoms with Crippen LogP contribution < -0.4 is 0 Å². The fourth-order valence-electron chi connectivity index (χ4n) is 4.85. The summed E-state index contributed by atoms with van der Waals surface area (Å²) in [5, 5.41) is 39.3. The van der Waals surface area contributed by atoms with Gasteiger partial charge in [-0.3, -0.25) is 0 Å². The quantitative estimate of drug-likeness (QED) is 0.186. The first-order valence-corrected chi connectivity index (χ1v) is 13.6. The van der Waals surface area contributed by atoms with Gasteiger partial charge in [-0.05, 0) is 47.5 Å². The first kappa shape index (κ1) is 27.2. The lowest BCUT2D eigenvalue weighted by Gasteiger charge is -2.07. The number of hydrogen-bond acceptors (Lipinski definition) is 5. The molecule has 0 saturated heterocycles. The second-order valence-electron chi connectivity index (χ2n) is 9.49. The van der Waals surface area contributed by atoms with Gasteiger partial charge in [-0.1, -0.05) is 94.1 Å². The highest BCUT2D eigenvalue weighted by Crippen LogP contribution is 2.42. The molecule has 208 valence electrons. The molecule has 0 radical (unpaired) electrons. The lowest BCUT2D eigenvalue weighted by Crippen LogP contribution is -1.98. The van der Waals surface area contributed by atoms with Gasteiger partial charge in [0.2, 0.25) is 11.8 Å². The van der Waals surface area contributed by atoms with Crippen LogP contribution in [0.15, 0.2) is 118 Å². The first-order valence-electron chi connectivity index (χ1n) is 12.9. The summed E-state index contributed by atoms with van der Waals surface area (Å²) in [6, 6.07) is 28.4. The second kappa shape index (κ2) is 11.5. The van der Waals surface area contributed by atoms with Crippen molar-refractivity contribution in [2.24, 2.45) is 20.5 Å². The predicted molar refractivity (Wildman–Crippen MR) is 163 cm³/mol. The molecule has 2 aromatic heterocycles. The monoisotopic (exact) mass is 596 g/mol. The van der Waals surface area contributed by atoms with Crippen LogP contribution in [0.1, 0.15) is 11.1 Å². The first-order chi connectivity index (χ1) is 20.4. The van der Waals surface area contributed by atoms with Gasteiger partial charge in [0.15, 0.2) is 11.4 Å². The summed E-state index contributed by atoms with van der Waals surface area (Å²) in [4.78, 5) is 12.7. The van der Waals surface area contributed by atoms with Gasteiger partial charge in [-0.25, -0.2) is 4.79 Å². The minimum Gasteiger partial charge on any atom is -0.493 e. The molecule has 6 aromatic rings. The number of benzene rings is 4. The van der Waals surface area contributed by atoms with Crippen LogP contribution in [0.2, 0.25) is 10.0 Å². The highest BCUT2D eigenvalue weighted by Gasteiger charge is 2.19. The van der Waals surface area contributed by atoms with E-state index < -0.39 is 6.03 Å². The summed E-state index contributed by atoms with van der Waals surface area (Å²) in [7, 11) is 0.